The van der Waals surface area contributed by atoms with Crippen LogP contribution in [0.3, 0.4) is 0 Å². The lowest BCUT2D eigenvalue weighted by Crippen LogP contribution is -2.25. The molecule has 0 aliphatic heterocycles. The van der Waals surface area contributed by atoms with Gasteiger partial charge in [-0.25, -0.2) is 0 Å². The standard InChI is InChI=1S/C17H29NO/c1-16(2,3)12-17(4,5)14-9-7-13(8-10-14)15(19)11-18-6/h7-10,15,18-19H,11-12H2,1-6H3. The van der Waals surface area contributed by atoms with Gasteiger partial charge in [-0.3, -0.25) is 0 Å². The average molecular weight is 263 g/mol. The summed E-state index contributed by atoms with van der Waals surface area (Å²) in [4.78, 5) is 0. The van der Waals surface area contributed by atoms with Gasteiger partial charge in [-0.15, -0.1) is 0 Å². The Hall–Kier alpha value is -0.860. The van der Waals surface area contributed by atoms with Crippen LogP contribution in [0.4, 0.5) is 0 Å². The number of hydrogen-bond acceptors (Lipinski definition) is 2. The second-order valence-corrected chi connectivity index (χ2v) is 7.32. The Morgan fingerprint density at radius 1 is 1.05 bits per heavy atom. The van der Waals surface area contributed by atoms with Crippen LogP contribution in [0.1, 0.15) is 58.3 Å². The van der Waals surface area contributed by atoms with Crippen LogP contribution in [0, 0.1) is 5.41 Å². The zero-order chi connectivity index (χ0) is 14.7. The second-order valence-electron chi connectivity index (χ2n) is 7.32. The molecule has 2 nitrogen and oxygen atoms in total. The molecular weight excluding hydrogens is 234 g/mol. The first-order chi connectivity index (χ1) is 8.65. The van der Waals surface area contributed by atoms with Gasteiger partial charge in [-0.1, -0.05) is 58.9 Å². The van der Waals surface area contributed by atoms with Crippen LogP contribution in [0.2, 0.25) is 0 Å². The van der Waals surface area contributed by atoms with E-state index in [4.69, 9.17) is 0 Å². The molecule has 1 atom stereocenters. The highest BCUT2D eigenvalue weighted by molar-refractivity contribution is 5.29. The number of benzene rings is 1. The van der Waals surface area contributed by atoms with Crippen LogP contribution in [0.25, 0.3) is 0 Å². The zero-order valence-corrected chi connectivity index (χ0v) is 13.2. The summed E-state index contributed by atoms with van der Waals surface area (Å²) in [7, 11) is 1.85. The van der Waals surface area contributed by atoms with Crippen molar-refractivity contribution in [2.75, 3.05) is 13.6 Å². The Bertz CT molecular complexity index is 387. The van der Waals surface area contributed by atoms with Gasteiger partial charge in [0, 0.05) is 6.54 Å². The fourth-order valence-electron chi connectivity index (χ4n) is 2.90. The summed E-state index contributed by atoms with van der Waals surface area (Å²) in [6.45, 7) is 12.0. The van der Waals surface area contributed by atoms with Crippen LogP contribution >= 0.6 is 0 Å². The smallest absolute Gasteiger partial charge is 0.0914 e. The summed E-state index contributed by atoms with van der Waals surface area (Å²) in [5.74, 6) is 0. The fraction of sp³-hybridized carbons (Fsp3) is 0.647. The summed E-state index contributed by atoms with van der Waals surface area (Å²) in [5.41, 5.74) is 2.78. The molecule has 0 saturated carbocycles. The Morgan fingerprint density at radius 2 is 1.58 bits per heavy atom. The summed E-state index contributed by atoms with van der Waals surface area (Å²) in [5, 5.41) is 12.9. The summed E-state index contributed by atoms with van der Waals surface area (Å²) < 4.78 is 0. The van der Waals surface area contributed by atoms with Gasteiger partial charge >= 0.3 is 0 Å². The number of aliphatic hydroxyl groups is 1. The van der Waals surface area contributed by atoms with Gasteiger partial charge in [-0.2, -0.15) is 0 Å². The number of rotatable bonds is 5. The number of likely N-dealkylation sites (N-methyl/N-ethyl adjacent to an activating group) is 1. The maximum Gasteiger partial charge on any atom is 0.0914 e. The minimum Gasteiger partial charge on any atom is -0.387 e. The Labute approximate surface area is 118 Å². The van der Waals surface area contributed by atoms with Crippen molar-refractivity contribution in [1.82, 2.24) is 5.32 Å². The van der Waals surface area contributed by atoms with Gasteiger partial charge in [-0.05, 0) is 35.4 Å². The monoisotopic (exact) mass is 263 g/mol. The highest BCUT2D eigenvalue weighted by Crippen LogP contribution is 2.36. The average Bonchev–Trinajstić information content (AvgIpc) is 2.26. The SMILES string of the molecule is CNCC(O)c1ccc(C(C)(C)CC(C)(C)C)cc1. The molecule has 1 unspecified atom stereocenters. The lowest BCUT2D eigenvalue weighted by Gasteiger charge is -2.33. The highest BCUT2D eigenvalue weighted by atomic mass is 16.3. The van der Waals surface area contributed by atoms with Crippen molar-refractivity contribution in [3.8, 4) is 0 Å². The predicted octanol–water partition coefficient (Wildman–Crippen LogP) is 3.65. The van der Waals surface area contributed by atoms with Gasteiger partial charge in [0.2, 0.25) is 0 Å². The van der Waals surface area contributed by atoms with Gasteiger partial charge in [0.1, 0.15) is 0 Å². The van der Waals surface area contributed by atoms with E-state index in [1.54, 1.807) is 0 Å². The van der Waals surface area contributed by atoms with E-state index in [0.29, 0.717) is 12.0 Å². The summed E-state index contributed by atoms with van der Waals surface area (Å²) >= 11 is 0. The Kier molecular flexibility index (Phi) is 5.17. The third-order valence-electron chi connectivity index (χ3n) is 3.45. The number of hydrogen-bond donors (Lipinski definition) is 2. The molecule has 0 aromatic heterocycles. The first-order valence-electron chi connectivity index (χ1n) is 7.09. The Morgan fingerprint density at radius 3 is 2.00 bits per heavy atom. The van der Waals surface area contributed by atoms with Crippen molar-refractivity contribution in [1.29, 1.82) is 0 Å². The largest absolute Gasteiger partial charge is 0.387 e. The van der Waals surface area contributed by atoms with Crippen LogP contribution in [0.5, 0.6) is 0 Å². The van der Waals surface area contributed by atoms with Crippen molar-refractivity contribution in [2.45, 2.75) is 52.6 Å². The maximum absolute atomic E-state index is 9.94. The molecule has 0 fully saturated rings. The molecule has 0 bridgehead atoms. The van der Waals surface area contributed by atoms with Crippen LogP contribution in [0.15, 0.2) is 24.3 Å². The highest BCUT2D eigenvalue weighted by Gasteiger charge is 2.27. The molecule has 19 heavy (non-hydrogen) atoms. The van der Waals surface area contributed by atoms with E-state index in [1.807, 2.05) is 19.2 Å². The first kappa shape index (κ1) is 16.2. The van der Waals surface area contributed by atoms with Gasteiger partial charge in [0.25, 0.3) is 0 Å². The van der Waals surface area contributed by atoms with Crippen LogP contribution < -0.4 is 5.32 Å². The molecule has 2 N–H and O–H groups in total. The summed E-state index contributed by atoms with van der Waals surface area (Å²) in [6.07, 6.45) is 0.711. The molecule has 0 amide bonds. The first-order valence-corrected chi connectivity index (χ1v) is 7.09. The lowest BCUT2D eigenvalue weighted by molar-refractivity contribution is 0.177. The molecule has 1 rings (SSSR count). The van der Waals surface area contributed by atoms with E-state index in [9.17, 15) is 5.11 Å². The van der Waals surface area contributed by atoms with E-state index in [0.717, 1.165) is 12.0 Å². The molecule has 1 aromatic rings. The predicted molar refractivity (Wildman–Crippen MR) is 82.4 cm³/mol. The quantitative estimate of drug-likeness (QED) is 0.850. The molecule has 0 aliphatic rings. The maximum atomic E-state index is 9.94. The van der Waals surface area contributed by atoms with E-state index >= 15 is 0 Å². The van der Waals surface area contributed by atoms with Crippen molar-refractivity contribution in [3.63, 3.8) is 0 Å². The number of aliphatic hydroxyl groups excluding tert-OH is 1. The minimum atomic E-state index is -0.426. The van der Waals surface area contributed by atoms with Crippen molar-refractivity contribution < 1.29 is 5.11 Å². The number of nitrogens with one attached hydrogen (secondary N) is 1. The van der Waals surface area contributed by atoms with E-state index in [2.05, 4.69) is 52.1 Å². The fourth-order valence-corrected chi connectivity index (χ4v) is 2.90. The van der Waals surface area contributed by atoms with E-state index in [-0.39, 0.29) is 5.41 Å². The molecule has 108 valence electrons. The van der Waals surface area contributed by atoms with Gasteiger partial charge < -0.3 is 10.4 Å². The molecule has 0 radical (unpaired) electrons. The molecule has 0 spiro atoms. The minimum absolute atomic E-state index is 0.157. The third kappa shape index (κ3) is 4.96. The van der Waals surface area contributed by atoms with Crippen LogP contribution in [-0.2, 0) is 5.41 Å². The van der Waals surface area contributed by atoms with E-state index < -0.39 is 6.10 Å². The van der Waals surface area contributed by atoms with Crippen molar-refractivity contribution >= 4 is 0 Å². The summed E-state index contributed by atoms with van der Waals surface area (Å²) in [6, 6.07) is 8.39. The van der Waals surface area contributed by atoms with Crippen LogP contribution in [-0.4, -0.2) is 18.7 Å². The third-order valence-corrected chi connectivity index (χ3v) is 3.45. The lowest BCUT2D eigenvalue weighted by atomic mass is 9.72. The molecule has 0 aliphatic carbocycles. The molecule has 1 aromatic carbocycles. The molecule has 0 heterocycles. The van der Waals surface area contributed by atoms with Gasteiger partial charge in [0.15, 0.2) is 0 Å². The van der Waals surface area contributed by atoms with Crippen molar-refractivity contribution in [3.05, 3.63) is 35.4 Å². The molecule has 2 heteroatoms. The zero-order valence-electron chi connectivity index (χ0n) is 13.2. The normalized spacial score (nSPS) is 14.5. The van der Waals surface area contributed by atoms with Gasteiger partial charge in [0.05, 0.1) is 6.10 Å². The van der Waals surface area contributed by atoms with E-state index in [1.165, 1.54) is 5.56 Å². The van der Waals surface area contributed by atoms with Crippen molar-refractivity contribution in [2.24, 2.45) is 5.41 Å². The Balaban J connectivity index is 2.86. The second kappa shape index (κ2) is 6.06. The molecule has 0 saturated heterocycles. The topological polar surface area (TPSA) is 32.3 Å². The molecular formula is C17H29NO.